The van der Waals surface area contributed by atoms with E-state index in [1.54, 1.807) is 7.11 Å². The highest BCUT2D eigenvalue weighted by molar-refractivity contribution is 5.37. The van der Waals surface area contributed by atoms with E-state index >= 15 is 0 Å². The Balaban J connectivity index is 2.25. The van der Waals surface area contributed by atoms with E-state index in [0.29, 0.717) is 6.61 Å². The lowest BCUT2D eigenvalue weighted by Crippen LogP contribution is -2.47. The molecule has 2 unspecified atom stereocenters. The van der Waals surface area contributed by atoms with Gasteiger partial charge in [-0.25, -0.2) is 0 Å². The molecule has 1 fully saturated rings. The van der Waals surface area contributed by atoms with Gasteiger partial charge < -0.3 is 15.2 Å². The second-order valence-electron chi connectivity index (χ2n) is 5.25. The number of piperidine rings is 1. The van der Waals surface area contributed by atoms with E-state index in [-0.39, 0.29) is 12.1 Å². The highest BCUT2D eigenvalue weighted by Crippen LogP contribution is 2.35. The summed E-state index contributed by atoms with van der Waals surface area (Å²) in [6.07, 6.45) is 2.22. The number of likely N-dealkylation sites (tertiary alicyclic amines) is 1. The normalized spacial score (nSPS) is 23.8. The smallest absolute Gasteiger partial charge is 0.124 e. The molecule has 1 aliphatic heterocycles. The molecule has 20 heavy (non-hydrogen) atoms. The van der Waals surface area contributed by atoms with Crippen LogP contribution in [0.5, 0.6) is 5.75 Å². The topological polar surface area (TPSA) is 47.7 Å². The monoisotopic (exact) mass is 278 g/mol. The zero-order valence-corrected chi connectivity index (χ0v) is 12.5. The van der Waals surface area contributed by atoms with Crippen LogP contribution < -0.4 is 10.5 Å². The number of benzene rings is 1. The molecule has 0 radical (unpaired) electrons. The number of methoxy groups -OCH3 is 1. The maximum atomic E-state index is 6.40. The average molecular weight is 278 g/mol. The van der Waals surface area contributed by atoms with Gasteiger partial charge in [0, 0.05) is 25.3 Å². The summed E-state index contributed by atoms with van der Waals surface area (Å²) in [5.74, 6) is 0.958. The third-order valence-electron chi connectivity index (χ3n) is 3.90. The fraction of sp³-hybridized carbons (Fsp3) is 0.625. The van der Waals surface area contributed by atoms with Crippen molar-refractivity contribution in [1.29, 1.82) is 0 Å². The molecule has 2 N–H and O–H groups in total. The van der Waals surface area contributed by atoms with Crippen molar-refractivity contribution in [1.82, 2.24) is 4.90 Å². The third kappa shape index (κ3) is 3.51. The first-order valence-corrected chi connectivity index (χ1v) is 7.48. The number of ether oxygens (including phenoxy) is 2. The molecule has 2 atom stereocenters. The van der Waals surface area contributed by atoms with Crippen molar-refractivity contribution in [3.63, 3.8) is 0 Å². The zero-order valence-electron chi connectivity index (χ0n) is 12.5. The Hall–Kier alpha value is -1.10. The van der Waals surface area contributed by atoms with Crippen molar-refractivity contribution in [3.8, 4) is 5.75 Å². The Bertz CT molecular complexity index is 411. The van der Waals surface area contributed by atoms with Gasteiger partial charge in [0.25, 0.3) is 0 Å². The van der Waals surface area contributed by atoms with Crippen molar-refractivity contribution in [2.45, 2.75) is 31.8 Å². The second kappa shape index (κ2) is 7.62. The van der Waals surface area contributed by atoms with Gasteiger partial charge in [0.05, 0.1) is 19.3 Å². The molecule has 1 aliphatic rings. The lowest BCUT2D eigenvalue weighted by atomic mass is 9.90. The molecule has 4 nitrogen and oxygen atoms in total. The Morgan fingerprint density at radius 1 is 1.35 bits per heavy atom. The maximum Gasteiger partial charge on any atom is 0.124 e. The minimum absolute atomic E-state index is 0.155. The van der Waals surface area contributed by atoms with E-state index in [1.807, 2.05) is 19.1 Å². The van der Waals surface area contributed by atoms with Crippen LogP contribution in [0.4, 0.5) is 0 Å². The molecule has 112 valence electrons. The standard InChI is InChI=1S/C16H26N2O2/c1-3-20-15-9-5-4-7-13(15)16-14(17)8-6-10-18(16)11-12-19-2/h4-5,7,9,14,16H,3,6,8,10-12,17H2,1-2H3. The number of hydrogen-bond acceptors (Lipinski definition) is 4. The first-order chi connectivity index (χ1) is 9.77. The SMILES string of the molecule is CCOc1ccccc1C1C(N)CCCN1CCOC. The van der Waals surface area contributed by atoms with Crippen LogP contribution in [0, 0.1) is 0 Å². The van der Waals surface area contributed by atoms with E-state index < -0.39 is 0 Å². The predicted molar refractivity (Wildman–Crippen MR) is 81.0 cm³/mol. The summed E-state index contributed by atoms with van der Waals surface area (Å²) in [5.41, 5.74) is 7.61. The molecule has 1 aromatic carbocycles. The van der Waals surface area contributed by atoms with Crippen LogP contribution in [0.15, 0.2) is 24.3 Å². The summed E-state index contributed by atoms with van der Waals surface area (Å²) in [4.78, 5) is 2.43. The van der Waals surface area contributed by atoms with Gasteiger partial charge in [0.1, 0.15) is 5.75 Å². The van der Waals surface area contributed by atoms with Gasteiger partial charge in [-0.3, -0.25) is 4.90 Å². The van der Waals surface area contributed by atoms with Crippen LogP contribution in [-0.4, -0.2) is 44.4 Å². The minimum Gasteiger partial charge on any atom is -0.494 e. The molecule has 2 rings (SSSR count). The largest absolute Gasteiger partial charge is 0.494 e. The zero-order chi connectivity index (χ0) is 14.4. The summed E-state index contributed by atoms with van der Waals surface area (Å²) < 4.78 is 11.0. The summed E-state index contributed by atoms with van der Waals surface area (Å²) in [5, 5.41) is 0. The molecule has 1 aromatic rings. The van der Waals surface area contributed by atoms with Gasteiger partial charge in [-0.1, -0.05) is 18.2 Å². The molecular weight excluding hydrogens is 252 g/mol. The van der Waals surface area contributed by atoms with Crippen molar-refractivity contribution in [3.05, 3.63) is 29.8 Å². The summed E-state index contributed by atoms with van der Waals surface area (Å²) in [7, 11) is 1.74. The number of hydrogen-bond donors (Lipinski definition) is 1. The van der Waals surface area contributed by atoms with Crippen LogP contribution in [0.2, 0.25) is 0 Å². The van der Waals surface area contributed by atoms with Crippen LogP contribution in [-0.2, 0) is 4.74 Å². The number of nitrogens with zero attached hydrogens (tertiary/aromatic N) is 1. The van der Waals surface area contributed by atoms with Crippen molar-refractivity contribution in [2.75, 3.05) is 33.4 Å². The Kier molecular flexibility index (Phi) is 5.83. The Labute approximate surface area is 121 Å². The predicted octanol–water partition coefficient (Wildman–Crippen LogP) is 2.20. The third-order valence-corrected chi connectivity index (χ3v) is 3.90. The fourth-order valence-corrected chi connectivity index (χ4v) is 3.00. The van der Waals surface area contributed by atoms with Crippen molar-refractivity contribution < 1.29 is 9.47 Å². The maximum absolute atomic E-state index is 6.40. The quantitative estimate of drug-likeness (QED) is 0.866. The van der Waals surface area contributed by atoms with Gasteiger partial charge in [0.2, 0.25) is 0 Å². The van der Waals surface area contributed by atoms with Crippen LogP contribution in [0.3, 0.4) is 0 Å². The minimum atomic E-state index is 0.155. The summed E-state index contributed by atoms with van der Waals surface area (Å²) in [6.45, 7) is 5.41. The number of para-hydroxylation sites is 1. The van der Waals surface area contributed by atoms with Gasteiger partial charge in [0.15, 0.2) is 0 Å². The lowest BCUT2D eigenvalue weighted by molar-refractivity contribution is 0.0832. The summed E-state index contributed by atoms with van der Waals surface area (Å²) >= 11 is 0. The van der Waals surface area contributed by atoms with E-state index in [2.05, 4.69) is 17.0 Å². The number of rotatable bonds is 6. The molecule has 0 saturated carbocycles. The van der Waals surface area contributed by atoms with Crippen LogP contribution >= 0.6 is 0 Å². The first kappa shape index (κ1) is 15.3. The van der Waals surface area contributed by atoms with Gasteiger partial charge in [-0.15, -0.1) is 0 Å². The van der Waals surface area contributed by atoms with Crippen LogP contribution in [0.25, 0.3) is 0 Å². The second-order valence-corrected chi connectivity index (χ2v) is 5.25. The average Bonchev–Trinajstić information content (AvgIpc) is 2.46. The van der Waals surface area contributed by atoms with E-state index in [1.165, 1.54) is 5.56 Å². The van der Waals surface area contributed by atoms with Gasteiger partial charge >= 0.3 is 0 Å². The van der Waals surface area contributed by atoms with Crippen molar-refractivity contribution in [2.24, 2.45) is 5.73 Å². The molecule has 0 aliphatic carbocycles. The molecule has 0 amide bonds. The van der Waals surface area contributed by atoms with Gasteiger partial charge in [-0.2, -0.15) is 0 Å². The van der Waals surface area contributed by atoms with E-state index in [0.717, 1.165) is 38.3 Å². The fourth-order valence-electron chi connectivity index (χ4n) is 3.00. The molecular formula is C16H26N2O2. The van der Waals surface area contributed by atoms with Crippen LogP contribution in [0.1, 0.15) is 31.4 Å². The van der Waals surface area contributed by atoms with Gasteiger partial charge in [-0.05, 0) is 32.4 Å². The molecule has 0 aromatic heterocycles. The van der Waals surface area contributed by atoms with E-state index in [9.17, 15) is 0 Å². The highest BCUT2D eigenvalue weighted by Gasteiger charge is 2.31. The Morgan fingerprint density at radius 3 is 2.90 bits per heavy atom. The molecule has 1 saturated heterocycles. The van der Waals surface area contributed by atoms with Crippen molar-refractivity contribution >= 4 is 0 Å². The lowest BCUT2D eigenvalue weighted by Gasteiger charge is -2.40. The molecule has 0 bridgehead atoms. The molecule has 0 spiro atoms. The molecule has 4 heteroatoms. The highest BCUT2D eigenvalue weighted by atomic mass is 16.5. The first-order valence-electron chi connectivity index (χ1n) is 7.48. The molecule has 1 heterocycles. The Morgan fingerprint density at radius 2 is 2.15 bits per heavy atom. The number of nitrogens with two attached hydrogens (primary N) is 1. The van der Waals surface area contributed by atoms with E-state index in [4.69, 9.17) is 15.2 Å². The summed E-state index contributed by atoms with van der Waals surface area (Å²) in [6, 6.07) is 8.63.